The number of rotatable bonds is 6. The molecule has 0 radical (unpaired) electrons. The maximum Gasteiger partial charge on any atom is 0.127 e. The van der Waals surface area contributed by atoms with E-state index in [9.17, 15) is 0 Å². The normalized spacial score (nSPS) is 17.0. The summed E-state index contributed by atoms with van der Waals surface area (Å²) in [6.45, 7) is 17.4. The summed E-state index contributed by atoms with van der Waals surface area (Å²) in [5.74, 6) is 0.962. The molecular weight excluding hydrogens is 258 g/mol. The van der Waals surface area contributed by atoms with Crippen molar-refractivity contribution in [2.45, 2.75) is 46.5 Å². The van der Waals surface area contributed by atoms with Gasteiger partial charge < -0.3 is 4.90 Å². The molecule has 1 fully saturated rings. The number of hydrogen-bond acceptors (Lipinski definition) is 2. The molecule has 0 aromatic rings. The molecule has 0 spiro atoms. The van der Waals surface area contributed by atoms with E-state index in [1.807, 2.05) is 45.8 Å². The largest absolute Gasteiger partial charge is 0.365 e. The fourth-order valence-corrected chi connectivity index (χ4v) is 2.53. The second-order valence-electron chi connectivity index (χ2n) is 5.51. The molecule has 21 heavy (non-hydrogen) atoms. The van der Waals surface area contributed by atoms with Crippen molar-refractivity contribution >= 4 is 12.6 Å². The Morgan fingerprint density at radius 3 is 2.14 bits per heavy atom. The van der Waals surface area contributed by atoms with Crippen molar-refractivity contribution in [2.24, 2.45) is 15.6 Å². The summed E-state index contributed by atoms with van der Waals surface area (Å²) < 4.78 is 0. The zero-order valence-electron chi connectivity index (χ0n) is 14.4. The fraction of sp³-hybridized carbons (Fsp3) is 0.556. The number of allylic oxidation sites excluding steroid dienone is 4. The number of amidine groups is 1. The van der Waals surface area contributed by atoms with Crippen LogP contribution in [0.1, 0.15) is 46.5 Å². The standard InChI is InChI=1S/C16H25N3.C2H6/c1-7-14(11-13(2)3)16(9-8-10-16)12-15(18-17-4)19(5)6;1-2/h7,11H,1-2,4,8-10,12H2,3,5-6H3;1-2H3/b14-11+,18-15-;. The molecule has 0 amide bonds. The van der Waals surface area contributed by atoms with Crippen molar-refractivity contribution in [3.05, 3.63) is 36.5 Å². The van der Waals surface area contributed by atoms with Crippen molar-refractivity contribution in [1.82, 2.24) is 4.90 Å². The van der Waals surface area contributed by atoms with Gasteiger partial charge in [-0.3, -0.25) is 0 Å². The Morgan fingerprint density at radius 2 is 1.86 bits per heavy atom. The van der Waals surface area contributed by atoms with Crippen LogP contribution in [-0.4, -0.2) is 31.5 Å². The zero-order valence-corrected chi connectivity index (χ0v) is 14.4. The van der Waals surface area contributed by atoms with Crippen molar-refractivity contribution in [1.29, 1.82) is 0 Å². The smallest absolute Gasteiger partial charge is 0.127 e. The van der Waals surface area contributed by atoms with Crippen LogP contribution in [0.2, 0.25) is 0 Å². The lowest BCUT2D eigenvalue weighted by molar-refractivity contribution is 0.197. The SMILES string of the molecule is C=C/C(=C\C(=C)C)C1(C/C(=N/N=C)N(C)C)CCC1.CC. The van der Waals surface area contributed by atoms with Crippen LogP contribution in [0.5, 0.6) is 0 Å². The monoisotopic (exact) mass is 289 g/mol. The van der Waals surface area contributed by atoms with E-state index in [0.29, 0.717) is 0 Å². The summed E-state index contributed by atoms with van der Waals surface area (Å²) in [5, 5.41) is 7.84. The molecule has 0 heterocycles. The van der Waals surface area contributed by atoms with Crippen LogP contribution in [-0.2, 0) is 0 Å². The van der Waals surface area contributed by atoms with Crippen LogP contribution in [0.25, 0.3) is 0 Å². The average molecular weight is 289 g/mol. The fourth-order valence-electron chi connectivity index (χ4n) is 2.53. The summed E-state index contributed by atoms with van der Waals surface area (Å²) in [6.07, 6.45) is 8.57. The minimum atomic E-state index is 0.147. The predicted octanol–water partition coefficient (Wildman–Crippen LogP) is 4.84. The molecule has 1 aliphatic carbocycles. The van der Waals surface area contributed by atoms with Gasteiger partial charge in [0.25, 0.3) is 0 Å². The van der Waals surface area contributed by atoms with Gasteiger partial charge in [0, 0.05) is 32.6 Å². The van der Waals surface area contributed by atoms with Gasteiger partial charge in [0.1, 0.15) is 5.84 Å². The Labute approximate surface area is 130 Å². The number of nitrogens with zero attached hydrogens (tertiary/aromatic N) is 3. The third kappa shape index (κ3) is 5.33. The van der Waals surface area contributed by atoms with Crippen LogP contribution in [0, 0.1) is 5.41 Å². The molecule has 3 nitrogen and oxygen atoms in total. The summed E-state index contributed by atoms with van der Waals surface area (Å²) >= 11 is 0. The van der Waals surface area contributed by atoms with E-state index in [2.05, 4.69) is 36.2 Å². The van der Waals surface area contributed by atoms with Crippen molar-refractivity contribution in [2.75, 3.05) is 14.1 Å². The van der Waals surface area contributed by atoms with Gasteiger partial charge >= 0.3 is 0 Å². The molecule has 1 aliphatic rings. The van der Waals surface area contributed by atoms with Crippen molar-refractivity contribution in [3.63, 3.8) is 0 Å². The molecule has 0 N–H and O–H groups in total. The Bertz CT molecular complexity index is 424. The maximum atomic E-state index is 4.16. The molecule has 0 aromatic carbocycles. The lowest BCUT2D eigenvalue weighted by Crippen LogP contribution is -2.37. The molecule has 1 saturated carbocycles. The first kappa shape index (κ1) is 19.4. The third-order valence-electron chi connectivity index (χ3n) is 3.74. The highest BCUT2D eigenvalue weighted by atomic mass is 15.3. The van der Waals surface area contributed by atoms with Crippen molar-refractivity contribution < 1.29 is 0 Å². The first-order valence-electron chi connectivity index (χ1n) is 7.65. The molecule has 0 unspecified atom stereocenters. The first-order valence-corrected chi connectivity index (χ1v) is 7.65. The quantitative estimate of drug-likeness (QED) is 0.298. The van der Waals surface area contributed by atoms with E-state index in [0.717, 1.165) is 17.8 Å². The van der Waals surface area contributed by atoms with E-state index in [-0.39, 0.29) is 5.41 Å². The van der Waals surface area contributed by atoms with Crippen LogP contribution in [0.4, 0.5) is 0 Å². The van der Waals surface area contributed by atoms with E-state index >= 15 is 0 Å². The lowest BCUT2D eigenvalue weighted by Gasteiger charge is -2.44. The van der Waals surface area contributed by atoms with E-state index in [1.54, 1.807) is 0 Å². The second-order valence-corrected chi connectivity index (χ2v) is 5.51. The van der Waals surface area contributed by atoms with Gasteiger partial charge in [-0.25, -0.2) is 0 Å². The molecule has 3 heteroatoms. The molecule has 0 aliphatic heterocycles. The zero-order chi connectivity index (χ0) is 16.5. The summed E-state index contributed by atoms with van der Waals surface area (Å²) in [5.41, 5.74) is 2.48. The molecule has 0 saturated heterocycles. The Kier molecular flexibility index (Phi) is 8.60. The first-order chi connectivity index (χ1) is 9.95. The lowest BCUT2D eigenvalue weighted by atomic mass is 9.61. The molecule has 118 valence electrons. The van der Waals surface area contributed by atoms with E-state index in [4.69, 9.17) is 0 Å². The van der Waals surface area contributed by atoms with Gasteiger partial charge in [-0.1, -0.05) is 51.2 Å². The topological polar surface area (TPSA) is 28.0 Å². The Hall–Kier alpha value is -1.64. The summed E-state index contributed by atoms with van der Waals surface area (Å²) in [7, 11) is 3.98. The van der Waals surface area contributed by atoms with Crippen LogP contribution >= 0.6 is 0 Å². The highest BCUT2D eigenvalue weighted by molar-refractivity contribution is 5.83. The Balaban J connectivity index is 0.00000191. The van der Waals surface area contributed by atoms with Gasteiger partial charge in [-0.15, -0.1) is 5.10 Å². The molecule has 0 atom stereocenters. The highest BCUT2D eigenvalue weighted by Crippen LogP contribution is 2.50. The van der Waals surface area contributed by atoms with Crippen LogP contribution < -0.4 is 0 Å². The molecule has 1 rings (SSSR count). The minimum Gasteiger partial charge on any atom is -0.365 e. The average Bonchev–Trinajstić information content (AvgIpc) is 2.41. The van der Waals surface area contributed by atoms with Crippen LogP contribution in [0.3, 0.4) is 0 Å². The predicted molar refractivity (Wildman–Crippen MR) is 96.0 cm³/mol. The van der Waals surface area contributed by atoms with Gasteiger partial charge in [0.15, 0.2) is 0 Å². The molecule has 0 aromatic heterocycles. The Morgan fingerprint density at radius 1 is 1.29 bits per heavy atom. The van der Waals surface area contributed by atoms with E-state index < -0.39 is 0 Å². The van der Waals surface area contributed by atoms with Gasteiger partial charge in [-0.05, 0) is 25.3 Å². The van der Waals surface area contributed by atoms with Gasteiger partial charge in [0.05, 0.1) is 0 Å². The van der Waals surface area contributed by atoms with Gasteiger partial charge in [0.2, 0.25) is 0 Å². The molecular formula is C18H31N3. The number of hydrogen-bond donors (Lipinski definition) is 0. The van der Waals surface area contributed by atoms with Crippen LogP contribution in [0.15, 0.2) is 46.7 Å². The maximum absolute atomic E-state index is 4.16. The van der Waals surface area contributed by atoms with E-state index in [1.165, 1.54) is 24.8 Å². The van der Waals surface area contributed by atoms with Gasteiger partial charge in [-0.2, -0.15) is 5.10 Å². The summed E-state index contributed by atoms with van der Waals surface area (Å²) in [6, 6.07) is 0. The summed E-state index contributed by atoms with van der Waals surface area (Å²) in [4.78, 5) is 2.01. The molecule has 0 bridgehead atoms. The highest BCUT2D eigenvalue weighted by Gasteiger charge is 2.40. The second kappa shape index (κ2) is 9.32. The minimum absolute atomic E-state index is 0.147. The third-order valence-corrected chi connectivity index (χ3v) is 3.74. The van der Waals surface area contributed by atoms with Crippen molar-refractivity contribution in [3.8, 4) is 0 Å².